The van der Waals surface area contributed by atoms with Crippen LogP contribution in [-0.4, -0.2) is 63.0 Å². The Morgan fingerprint density at radius 3 is 3.07 bits per heavy atom. The lowest BCUT2D eigenvalue weighted by molar-refractivity contribution is -0.0199. The molecule has 4 nitrogen and oxygen atoms in total. The predicted molar refractivity (Wildman–Crippen MR) is 59.1 cm³/mol. The van der Waals surface area contributed by atoms with Gasteiger partial charge in [0.05, 0.1) is 25.9 Å². The summed E-state index contributed by atoms with van der Waals surface area (Å²) in [7, 11) is 0. The van der Waals surface area contributed by atoms with E-state index in [-0.39, 0.29) is 0 Å². The van der Waals surface area contributed by atoms with Crippen molar-refractivity contribution in [3.63, 3.8) is 0 Å². The maximum atomic E-state index is 5.68. The molecule has 0 spiro atoms. The fraction of sp³-hybridized carbons (Fsp3) is 1.00. The third-order valence-electron chi connectivity index (χ3n) is 3.25. The van der Waals surface area contributed by atoms with Crippen LogP contribution in [0.3, 0.4) is 0 Å². The Balaban J connectivity index is 1.67. The van der Waals surface area contributed by atoms with Crippen LogP contribution in [0.25, 0.3) is 0 Å². The van der Waals surface area contributed by atoms with E-state index in [4.69, 9.17) is 9.47 Å². The Hall–Kier alpha value is -0.160. The minimum absolute atomic E-state index is 0.411. The fourth-order valence-electron chi connectivity index (χ4n) is 2.21. The van der Waals surface area contributed by atoms with Gasteiger partial charge >= 0.3 is 0 Å². The minimum atomic E-state index is 0.411. The molecule has 0 aromatic carbocycles. The van der Waals surface area contributed by atoms with Crippen LogP contribution in [0.1, 0.15) is 13.3 Å². The average Bonchev–Trinajstić information content (AvgIpc) is 2.29. The molecule has 0 saturated carbocycles. The summed E-state index contributed by atoms with van der Waals surface area (Å²) >= 11 is 0. The van der Waals surface area contributed by atoms with Gasteiger partial charge in [-0.05, 0) is 13.3 Å². The summed E-state index contributed by atoms with van der Waals surface area (Å²) in [5.41, 5.74) is 0. The van der Waals surface area contributed by atoms with Gasteiger partial charge in [0.25, 0.3) is 0 Å². The molecule has 0 radical (unpaired) electrons. The Bertz CT molecular complexity index is 183. The molecule has 0 aliphatic carbocycles. The highest BCUT2D eigenvalue weighted by Gasteiger charge is 2.20. The molecular formula is C11H22N2O2. The molecule has 1 N–H and O–H groups in total. The molecule has 2 unspecified atom stereocenters. The summed E-state index contributed by atoms with van der Waals surface area (Å²) in [6.45, 7) is 9.09. The minimum Gasteiger partial charge on any atom is -0.379 e. The van der Waals surface area contributed by atoms with E-state index in [1.165, 1.54) is 0 Å². The van der Waals surface area contributed by atoms with E-state index >= 15 is 0 Å². The van der Waals surface area contributed by atoms with Crippen LogP contribution in [0.4, 0.5) is 0 Å². The van der Waals surface area contributed by atoms with E-state index in [2.05, 4.69) is 17.1 Å². The average molecular weight is 214 g/mol. The van der Waals surface area contributed by atoms with Crippen molar-refractivity contribution < 1.29 is 9.47 Å². The maximum Gasteiger partial charge on any atom is 0.0712 e. The van der Waals surface area contributed by atoms with Crippen LogP contribution in [0.5, 0.6) is 0 Å². The van der Waals surface area contributed by atoms with E-state index in [1.807, 2.05) is 0 Å². The topological polar surface area (TPSA) is 33.7 Å². The highest BCUT2D eigenvalue weighted by molar-refractivity contribution is 4.74. The molecule has 2 saturated heterocycles. The Morgan fingerprint density at radius 2 is 2.33 bits per heavy atom. The number of hydrogen-bond donors (Lipinski definition) is 1. The first-order chi connectivity index (χ1) is 7.36. The second kappa shape index (κ2) is 5.80. The third-order valence-corrected chi connectivity index (χ3v) is 3.25. The Labute approximate surface area is 91.9 Å². The summed E-state index contributed by atoms with van der Waals surface area (Å²) in [4.78, 5) is 2.50. The molecule has 88 valence electrons. The molecule has 2 rings (SSSR count). The van der Waals surface area contributed by atoms with Crippen molar-refractivity contribution in [3.8, 4) is 0 Å². The monoisotopic (exact) mass is 214 g/mol. The van der Waals surface area contributed by atoms with Crippen LogP contribution >= 0.6 is 0 Å². The first kappa shape index (κ1) is 11.3. The van der Waals surface area contributed by atoms with Crippen molar-refractivity contribution in [3.05, 3.63) is 0 Å². The predicted octanol–water partition coefficient (Wildman–Crippen LogP) is 0.0856. The van der Waals surface area contributed by atoms with Gasteiger partial charge in [0, 0.05) is 32.2 Å². The van der Waals surface area contributed by atoms with Crippen molar-refractivity contribution in [1.29, 1.82) is 0 Å². The van der Waals surface area contributed by atoms with Crippen molar-refractivity contribution >= 4 is 0 Å². The molecule has 2 atom stereocenters. The van der Waals surface area contributed by atoms with Crippen molar-refractivity contribution in [1.82, 2.24) is 10.2 Å². The molecule has 4 heteroatoms. The van der Waals surface area contributed by atoms with Crippen molar-refractivity contribution in [2.24, 2.45) is 0 Å². The quantitative estimate of drug-likeness (QED) is 0.722. The molecule has 15 heavy (non-hydrogen) atoms. The molecule has 2 fully saturated rings. The van der Waals surface area contributed by atoms with Crippen LogP contribution in [0, 0.1) is 0 Å². The zero-order valence-corrected chi connectivity index (χ0v) is 9.58. The van der Waals surface area contributed by atoms with E-state index in [0.29, 0.717) is 12.1 Å². The SMILES string of the molecule is CC1COCCN1CCC1CNCCO1. The first-order valence-corrected chi connectivity index (χ1v) is 6.00. The number of nitrogens with zero attached hydrogens (tertiary/aromatic N) is 1. The molecule has 0 aromatic rings. The number of morpholine rings is 2. The molecular weight excluding hydrogens is 192 g/mol. The lowest BCUT2D eigenvalue weighted by atomic mass is 10.2. The summed E-state index contributed by atoms with van der Waals surface area (Å²) in [5, 5.41) is 3.37. The number of hydrogen-bond acceptors (Lipinski definition) is 4. The summed E-state index contributed by atoms with van der Waals surface area (Å²) < 4.78 is 11.1. The van der Waals surface area contributed by atoms with Crippen molar-refractivity contribution in [2.45, 2.75) is 25.5 Å². The summed E-state index contributed by atoms with van der Waals surface area (Å²) in [5.74, 6) is 0. The van der Waals surface area contributed by atoms with Gasteiger partial charge in [0.15, 0.2) is 0 Å². The van der Waals surface area contributed by atoms with Gasteiger partial charge < -0.3 is 14.8 Å². The maximum absolute atomic E-state index is 5.68. The van der Waals surface area contributed by atoms with Gasteiger partial charge in [-0.2, -0.15) is 0 Å². The number of ether oxygens (including phenoxy) is 2. The molecule has 0 bridgehead atoms. The van der Waals surface area contributed by atoms with E-state index in [0.717, 1.165) is 52.4 Å². The second-order valence-corrected chi connectivity index (χ2v) is 4.45. The number of rotatable bonds is 3. The normalized spacial score (nSPS) is 34.2. The Kier molecular flexibility index (Phi) is 4.38. The van der Waals surface area contributed by atoms with E-state index in [1.54, 1.807) is 0 Å². The largest absolute Gasteiger partial charge is 0.379 e. The second-order valence-electron chi connectivity index (χ2n) is 4.45. The number of nitrogens with one attached hydrogen (secondary N) is 1. The van der Waals surface area contributed by atoms with Gasteiger partial charge in [-0.25, -0.2) is 0 Å². The van der Waals surface area contributed by atoms with Gasteiger partial charge in [0.2, 0.25) is 0 Å². The molecule has 2 heterocycles. The zero-order chi connectivity index (χ0) is 10.5. The lowest BCUT2D eigenvalue weighted by Crippen LogP contribution is -2.46. The Morgan fingerprint density at radius 1 is 1.40 bits per heavy atom. The lowest BCUT2D eigenvalue weighted by Gasteiger charge is -2.34. The van der Waals surface area contributed by atoms with E-state index < -0.39 is 0 Å². The standard InChI is InChI=1S/C11H22N2O2/c1-10-9-14-7-5-13(10)4-2-11-8-12-3-6-15-11/h10-12H,2-9H2,1H3. The zero-order valence-electron chi connectivity index (χ0n) is 9.58. The first-order valence-electron chi connectivity index (χ1n) is 6.00. The highest BCUT2D eigenvalue weighted by Crippen LogP contribution is 2.09. The van der Waals surface area contributed by atoms with Gasteiger partial charge in [-0.1, -0.05) is 0 Å². The summed E-state index contributed by atoms with van der Waals surface area (Å²) in [6.07, 6.45) is 1.55. The van der Waals surface area contributed by atoms with Crippen molar-refractivity contribution in [2.75, 3.05) is 46.0 Å². The van der Waals surface area contributed by atoms with Gasteiger partial charge in [-0.3, -0.25) is 4.90 Å². The smallest absolute Gasteiger partial charge is 0.0712 e. The molecule has 0 aromatic heterocycles. The van der Waals surface area contributed by atoms with E-state index in [9.17, 15) is 0 Å². The van der Waals surface area contributed by atoms with Crippen LogP contribution in [0.2, 0.25) is 0 Å². The highest BCUT2D eigenvalue weighted by atomic mass is 16.5. The van der Waals surface area contributed by atoms with Crippen LogP contribution in [-0.2, 0) is 9.47 Å². The summed E-state index contributed by atoms with van der Waals surface area (Å²) in [6, 6.07) is 0.565. The van der Waals surface area contributed by atoms with Crippen LogP contribution < -0.4 is 5.32 Å². The van der Waals surface area contributed by atoms with Gasteiger partial charge in [0.1, 0.15) is 0 Å². The molecule has 2 aliphatic heterocycles. The van der Waals surface area contributed by atoms with Gasteiger partial charge in [-0.15, -0.1) is 0 Å². The fourth-order valence-corrected chi connectivity index (χ4v) is 2.21. The third kappa shape index (κ3) is 3.41. The van der Waals surface area contributed by atoms with Crippen LogP contribution in [0.15, 0.2) is 0 Å². The molecule has 2 aliphatic rings. The molecule has 0 amide bonds.